The molecule has 4 rings (SSSR count). The van der Waals surface area contributed by atoms with Gasteiger partial charge in [0.25, 0.3) is 0 Å². The van der Waals surface area contributed by atoms with E-state index < -0.39 is 0 Å². The Morgan fingerprint density at radius 2 is 1.64 bits per heavy atom. The summed E-state index contributed by atoms with van der Waals surface area (Å²) in [4.78, 5) is 13.0. The van der Waals surface area contributed by atoms with Crippen LogP contribution in [0, 0.1) is 10.8 Å². The molecule has 0 saturated heterocycles. The van der Waals surface area contributed by atoms with Crippen LogP contribution in [0.5, 0.6) is 5.75 Å². The average Bonchev–Trinajstić information content (AvgIpc) is 2.71. The highest BCUT2D eigenvalue weighted by molar-refractivity contribution is 6.32. The minimum absolute atomic E-state index is 0.0495. The monoisotopic (exact) mass is 404 g/mol. The summed E-state index contributed by atoms with van der Waals surface area (Å²) < 4.78 is 5.84. The van der Waals surface area contributed by atoms with E-state index in [1.54, 1.807) is 0 Å². The average molecular weight is 405 g/mol. The highest BCUT2D eigenvalue weighted by atomic mass is 35.5. The van der Waals surface area contributed by atoms with E-state index in [1.807, 2.05) is 12.1 Å². The molecule has 28 heavy (non-hydrogen) atoms. The second kappa shape index (κ2) is 9.65. The van der Waals surface area contributed by atoms with E-state index in [1.165, 1.54) is 69.8 Å². The van der Waals surface area contributed by atoms with Gasteiger partial charge in [0.2, 0.25) is 0 Å². The molecule has 0 radical (unpaired) electrons. The van der Waals surface area contributed by atoms with Crippen LogP contribution in [-0.2, 0) is 11.2 Å². The zero-order chi connectivity index (χ0) is 20.0. The molecule has 0 unspecified atom stereocenters. The van der Waals surface area contributed by atoms with Crippen LogP contribution in [0.4, 0.5) is 0 Å². The van der Waals surface area contributed by atoms with Gasteiger partial charge in [-0.3, -0.25) is 4.79 Å². The highest BCUT2D eigenvalue weighted by Gasteiger charge is 2.52. The van der Waals surface area contributed by atoms with Crippen molar-refractivity contribution in [2.24, 2.45) is 10.8 Å². The summed E-state index contributed by atoms with van der Waals surface area (Å²) in [6.45, 7) is 4.51. The third-order valence-electron chi connectivity index (χ3n) is 7.38. The topological polar surface area (TPSA) is 26.3 Å². The molecule has 3 aliphatic carbocycles. The van der Waals surface area contributed by atoms with Crippen molar-refractivity contribution in [1.29, 1.82) is 0 Å². The van der Waals surface area contributed by atoms with Gasteiger partial charge in [-0.15, -0.1) is 0 Å². The number of fused-ring (bicyclic) bond motifs is 3. The first-order valence-corrected chi connectivity index (χ1v) is 11.9. The van der Waals surface area contributed by atoms with Crippen molar-refractivity contribution in [3.63, 3.8) is 0 Å². The number of carbonyl (C=O) groups excluding carboxylic acids is 1. The lowest BCUT2D eigenvalue weighted by molar-refractivity contribution is -0.156. The Balaban J connectivity index is 1.55. The van der Waals surface area contributed by atoms with Crippen LogP contribution in [0.2, 0.25) is 5.02 Å². The lowest BCUT2D eigenvalue weighted by atomic mass is 9.52. The fourth-order valence-electron chi connectivity index (χ4n) is 5.40. The van der Waals surface area contributed by atoms with Crippen LogP contribution in [0.15, 0.2) is 18.2 Å². The predicted molar refractivity (Wildman–Crippen MR) is 117 cm³/mol. The van der Waals surface area contributed by atoms with Crippen molar-refractivity contribution in [1.82, 2.24) is 0 Å². The fraction of sp³-hybridized carbons (Fsp3) is 0.720. The standard InChI is InChI=1S/C25H37ClO2/c1-3-5-6-7-8-9-20-10-11-22(21(26)19-20)28-23(27)25-16-13-24(12-4-2,14-17-25)15-18-25/h10-11,19H,3-9,12-18H2,1-2H3. The quantitative estimate of drug-likeness (QED) is 0.225. The van der Waals surface area contributed by atoms with Gasteiger partial charge >= 0.3 is 5.97 Å². The SMILES string of the molecule is CCCCCCCc1ccc(OC(=O)C23CCC(CCC)(CC2)CC3)c(Cl)c1. The third-order valence-corrected chi connectivity index (χ3v) is 7.68. The Kier molecular flexibility index (Phi) is 7.48. The molecule has 0 spiro atoms. The van der Waals surface area contributed by atoms with Crippen molar-refractivity contribution in [2.75, 3.05) is 0 Å². The number of hydrogen-bond acceptors (Lipinski definition) is 2. The van der Waals surface area contributed by atoms with Crippen molar-refractivity contribution in [2.45, 2.75) is 104 Å². The number of aryl methyl sites for hydroxylation is 1. The molecule has 0 aromatic heterocycles. The molecule has 3 saturated carbocycles. The van der Waals surface area contributed by atoms with E-state index in [-0.39, 0.29) is 11.4 Å². The van der Waals surface area contributed by atoms with E-state index in [9.17, 15) is 4.79 Å². The molecule has 1 aromatic rings. The van der Waals surface area contributed by atoms with Gasteiger partial charge < -0.3 is 4.74 Å². The first-order chi connectivity index (χ1) is 13.5. The van der Waals surface area contributed by atoms with Crippen LogP contribution in [0.3, 0.4) is 0 Å². The van der Waals surface area contributed by atoms with Crippen LogP contribution < -0.4 is 4.74 Å². The Morgan fingerprint density at radius 3 is 2.25 bits per heavy atom. The number of benzene rings is 1. The molecule has 0 heterocycles. The summed E-state index contributed by atoms with van der Waals surface area (Å²) in [6, 6.07) is 5.95. The molecule has 0 N–H and O–H groups in total. The number of unbranched alkanes of at least 4 members (excludes halogenated alkanes) is 4. The molecule has 3 aliphatic rings. The normalized spacial score (nSPS) is 26.4. The summed E-state index contributed by atoms with van der Waals surface area (Å²) >= 11 is 6.46. The van der Waals surface area contributed by atoms with Gasteiger partial charge in [-0.2, -0.15) is 0 Å². The van der Waals surface area contributed by atoms with Gasteiger partial charge in [0.1, 0.15) is 5.75 Å². The second-order valence-corrected chi connectivity index (χ2v) is 9.76. The first kappa shape index (κ1) is 21.7. The van der Waals surface area contributed by atoms with Gasteiger partial charge in [0, 0.05) is 0 Å². The molecule has 0 aliphatic heterocycles. The largest absolute Gasteiger partial charge is 0.425 e. The highest BCUT2D eigenvalue weighted by Crippen LogP contribution is 2.59. The molecule has 0 atom stereocenters. The van der Waals surface area contributed by atoms with Crippen molar-refractivity contribution >= 4 is 17.6 Å². The summed E-state index contributed by atoms with van der Waals surface area (Å²) in [5.41, 5.74) is 1.48. The fourth-order valence-corrected chi connectivity index (χ4v) is 5.64. The number of ether oxygens (including phenoxy) is 1. The molecule has 3 fully saturated rings. The maximum absolute atomic E-state index is 13.0. The van der Waals surface area contributed by atoms with E-state index in [0.717, 1.165) is 25.7 Å². The minimum Gasteiger partial charge on any atom is -0.425 e. The van der Waals surface area contributed by atoms with Gasteiger partial charge in [-0.05, 0) is 80.9 Å². The lowest BCUT2D eigenvalue weighted by Gasteiger charge is -2.52. The van der Waals surface area contributed by atoms with E-state index in [0.29, 0.717) is 16.2 Å². The number of hydrogen-bond donors (Lipinski definition) is 0. The Hall–Kier alpha value is -1.02. The second-order valence-electron chi connectivity index (χ2n) is 9.35. The summed E-state index contributed by atoms with van der Waals surface area (Å²) in [7, 11) is 0. The van der Waals surface area contributed by atoms with Gasteiger partial charge in [-0.1, -0.05) is 63.6 Å². The van der Waals surface area contributed by atoms with E-state index in [2.05, 4.69) is 19.9 Å². The van der Waals surface area contributed by atoms with Gasteiger partial charge in [-0.25, -0.2) is 0 Å². The maximum Gasteiger partial charge on any atom is 0.317 e. The van der Waals surface area contributed by atoms with E-state index in [4.69, 9.17) is 16.3 Å². The van der Waals surface area contributed by atoms with Crippen LogP contribution in [-0.4, -0.2) is 5.97 Å². The molecular weight excluding hydrogens is 368 g/mol. The Morgan fingerprint density at radius 1 is 0.964 bits per heavy atom. The zero-order valence-electron chi connectivity index (χ0n) is 17.8. The van der Waals surface area contributed by atoms with Crippen molar-refractivity contribution in [3.05, 3.63) is 28.8 Å². The lowest BCUT2D eigenvalue weighted by Crippen LogP contribution is -2.47. The molecule has 156 valence electrons. The van der Waals surface area contributed by atoms with Crippen LogP contribution >= 0.6 is 11.6 Å². The number of carbonyl (C=O) groups is 1. The molecule has 1 aromatic carbocycles. The third kappa shape index (κ3) is 4.93. The Labute approximate surface area is 176 Å². The summed E-state index contributed by atoms with van der Waals surface area (Å²) in [6.07, 6.45) is 16.5. The molecule has 0 amide bonds. The Bertz CT molecular complexity index is 642. The first-order valence-electron chi connectivity index (χ1n) is 11.5. The van der Waals surface area contributed by atoms with Crippen LogP contribution in [0.1, 0.15) is 103 Å². The number of rotatable bonds is 10. The van der Waals surface area contributed by atoms with Crippen molar-refractivity contribution in [3.8, 4) is 5.75 Å². The zero-order valence-corrected chi connectivity index (χ0v) is 18.6. The molecule has 2 bridgehead atoms. The smallest absolute Gasteiger partial charge is 0.317 e. The maximum atomic E-state index is 13.0. The van der Waals surface area contributed by atoms with Crippen LogP contribution in [0.25, 0.3) is 0 Å². The van der Waals surface area contributed by atoms with E-state index >= 15 is 0 Å². The minimum atomic E-state index is -0.267. The number of halogens is 1. The predicted octanol–water partition coefficient (Wildman–Crippen LogP) is 7.90. The summed E-state index contributed by atoms with van der Waals surface area (Å²) in [5, 5.41) is 0.572. The van der Waals surface area contributed by atoms with Gasteiger partial charge in [0.05, 0.1) is 10.4 Å². The molecular formula is C25H37ClO2. The molecule has 3 heteroatoms. The molecule has 2 nitrogen and oxygen atoms in total. The number of esters is 1. The van der Waals surface area contributed by atoms with Crippen molar-refractivity contribution < 1.29 is 9.53 Å². The van der Waals surface area contributed by atoms with Gasteiger partial charge in [0.15, 0.2) is 0 Å². The summed E-state index contributed by atoms with van der Waals surface area (Å²) in [5.74, 6) is 0.484.